The third-order valence-corrected chi connectivity index (χ3v) is 0. The van der Waals surface area contributed by atoms with Crippen LogP contribution in [-0.2, 0) is 0 Å². The van der Waals surface area contributed by atoms with Gasteiger partial charge in [-0.05, 0) is 0 Å². The average Bonchev–Trinajstić information content (AvgIpc) is 0. The SMILES string of the molecule is [Cl-].[H-].[H-].[K+].[K+].[K+]. The van der Waals surface area contributed by atoms with Gasteiger partial charge in [0.25, 0.3) is 0 Å². The van der Waals surface area contributed by atoms with Gasteiger partial charge in [-0.2, -0.15) is 0 Å². The van der Waals surface area contributed by atoms with Crippen LogP contribution in [0, 0.1) is 0 Å². The predicted molar refractivity (Wildman–Crippen MR) is 2.22 cm³/mol. The van der Waals surface area contributed by atoms with Gasteiger partial charge in [-0.15, -0.1) is 0 Å². The van der Waals surface area contributed by atoms with Crippen molar-refractivity contribution in [3.05, 3.63) is 0 Å². The molecule has 0 heterocycles. The molecule has 4 heteroatoms. The van der Waals surface area contributed by atoms with Gasteiger partial charge in [-0.25, -0.2) is 0 Å². The summed E-state index contributed by atoms with van der Waals surface area (Å²) >= 11 is 0. The summed E-state index contributed by atoms with van der Waals surface area (Å²) in [6.45, 7) is 0. The summed E-state index contributed by atoms with van der Waals surface area (Å²) in [6, 6.07) is 0. The van der Waals surface area contributed by atoms with Crippen LogP contribution < -0.4 is 167 Å². The molecule has 0 radical (unpaired) electrons. The smallest absolute Gasteiger partial charge is 1.00 e. The van der Waals surface area contributed by atoms with E-state index in [1.54, 1.807) is 0 Å². The molecule has 0 saturated heterocycles. The predicted octanol–water partition coefficient (Wildman–Crippen LogP) is -11.8. The van der Waals surface area contributed by atoms with Gasteiger partial charge in [-0.1, -0.05) is 0 Å². The summed E-state index contributed by atoms with van der Waals surface area (Å²) in [6.07, 6.45) is 0. The Bertz CT molecular complexity index is 8.75. The Labute approximate surface area is 163 Å². The van der Waals surface area contributed by atoms with Crippen LogP contribution >= 0.6 is 0 Å². The van der Waals surface area contributed by atoms with Crippen LogP contribution in [0.15, 0.2) is 0 Å². The van der Waals surface area contributed by atoms with Gasteiger partial charge in [0, 0.05) is 0 Å². The van der Waals surface area contributed by atoms with Crippen molar-refractivity contribution in [2.45, 2.75) is 0 Å². The topological polar surface area (TPSA) is 0 Å². The van der Waals surface area contributed by atoms with E-state index in [1.807, 2.05) is 0 Å². The van der Waals surface area contributed by atoms with Crippen LogP contribution in [0.5, 0.6) is 0 Å². The minimum Gasteiger partial charge on any atom is -1.00 e. The largest absolute Gasteiger partial charge is 1.00 e. The van der Waals surface area contributed by atoms with E-state index in [9.17, 15) is 0 Å². The summed E-state index contributed by atoms with van der Waals surface area (Å²) in [7, 11) is 0. The van der Waals surface area contributed by atoms with Gasteiger partial charge < -0.3 is 15.3 Å². The van der Waals surface area contributed by atoms with E-state index >= 15 is 0 Å². The fraction of sp³-hybridized carbons (Fsp3) is 0. The molecule has 0 saturated carbocycles. The van der Waals surface area contributed by atoms with Gasteiger partial charge >= 0.3 is 154 Å². The Morgan fingerprint density at radius 1 is 0.750 bits per heavy atom. The molecular formula is H2ClK3. The summed E-state index contributed by atoms with van der Waals surface area (Å²) < 4.78 is 0. The Hall–Kier alpha value is 5.20. The molecule has 0 aliphatic heterocycles. The van der Waals surface area contributed by atoms with Crippen molar-refractivity contribution >= 4 is 0 Å². The molecule has 0 nitrogen and oxygen atoms in total. The number of hydrogen-bond acceptors (Lipinski definition) is 0. The molecule has 12 valence electrons. The van der Waals surface area contributed by atoms with Crippen molar-refractivity contribution in [1.82, 2.24) is 0 Å². The molecule has 4 heavy (non-hydrogen) atoms. The number of rotatable bonds is 0. The second-order valence-corrected chi connectivity index (χ2v) is 0. The Morgan fingerprint density at radius 2 is 0.750 bits per heavy atom. The second-order valence-electron chi connectivity index (χ2n) is 0. The van der Waals surface area contributed by atoms with E-state index in [2.05, 4.69) is 0 Å². The number of hydrogen-bond donors (Lipinski definition) is 0. The van der Waals surface area contributed by atoms with E-state index in [-0.39, 0.29) is 169 Å². The van der Waals surface area contributed by atoms with Gasteiger partial charge in [0.2, 0.25) is 0 Å². The third-order valence-electron chi connectivity index (χ3n) is 0. The van der Waals surface area contributed by atoms with E-state index in [4.69, 9.17) is 0 Å². The third kappa shape index (κ3) is 10.2. The molecule has 0 N–H and O–H groups in total. The first kappa shape index (κ1) is 22.9. The number of halogens is 1. The second kappa shape index (κ2) is 15.7. The van der Waals surface area contributed by atoms with Crippen LogP contribution in [0.3, 0.4) is 0 Å². The zero-order valence-electron chi connectivity index (χ0n) is 5.38. The van der Waals surface area contributed by atoms with Crippen molar-refractivity contribution in [1.29, 1.82) is 0 Å². The van der Waals surface area contributed by atoms with Crippen molar-refractivity contribution < 1.29 is 169 Å². The molecule has 0 aromatic heterocycles. The zero-order chi connectivity index (χ0) is 0. The van der Waals surface area contributed by atoms with E-state index in [0.29, 0.717) is 0 Å². The summed E-state index contributed by atoms with van der Waals surface area (Å²) in [5, 5.41) is 0. The zero-order valence-corrected chi connectivity index (χ0v) is 13.5. The normalized spacial score (nSPS) is 0. The van der Waals surface area contributed by atoms with Crippen molar-refractivity contribution in [2.75, 3.05) is 0 Å². The molecule has 0 aliphatic carbocycles. The molecule has 0 spiro atoms. The van der Waals surface area contributed by atoms with E-state index in [0.717, 1.165) is 0 Å². The molecule has 0 fully saturated rings. The van der Waals surface area contributed by atoms with Crippen molar-refractivity contribution in [3.63, 3.8) is 0 Å². The Kier molecular flexibility index (Phi) is 89.9. The molecule has 0 amide bonds. The van der Waals surface area contributed by atoms with Gasteiger partial charge in [-0.3, -0.25) is 0 Å². The van der Waals surface area contributed by atoms with Crippen molar-refractivity contribution in [2.24, 2.45) is 0 Å². The molecule has 0 aromatic rings. The summed E-state index contributed by atoms with van der Waals surface area (Å²) in [5.41, 5.74) is 0. The van der Waals surface area contributed by atoms with Gasteiger partial charge in [0.15, 0.2) is 0 Å². The van der Waals surface area contributed by atoms with Crippen LogP contribution in [0.4, 0.5) is 0 Å². The monoisotopic (exact) mass is 154 g/mol. The fourth-order valence-electron chi connectivity index (χ4n) is 0. The Morgan fingerprint density at radius 3 is 0.750 bits per heavy atom. The standard InChI is InChI=1S/ClH.3K.2H/h1H;;;;;/q;3*+1;2*-1/p-1. The molecule has 0 unspecified atom stereocenters. The van der Waals surface area contributed by atoms with E-state index < -0.39 is 0 Å². The maximum absolute atomic E-state index is 0. The van der Waals surface area contributed by atoms with Crippen LogP contribution in [0.1, 0.15) is 2.85 Å². The first-order valence-corrected chi connectivity index (χ1v) is 0. The van der Waals surface area contributed by atoms with Crippen molar-refractivity contribution in [3.8, 4) is 0 Å². The molecule has 0 bridgehead atoms. The maximum atomic E-state index is 0. The van der Waals surface area contributed by atoms with Crippen LogP contribution in [0.25, 0.3) is 0 Å². The van der Waals surface area contributed by atoms with E-state index in [1.165, 1.54) is 0 Å². The van der Waals surface area contributed by atoms with Gasteiger partial charge in [0.05, 0.1) is 0 Å². The molecule has 0 aromatic carbocycles. The maximum Gasteiger partial charge on any atom is 1.00 e. The van der Waals surface area contributed by atoms with Crippen LogP contribution in [-0.4, -0.2) is 0 Å². The first-order valence-electron chi connectivity index (χ1n) is 0. The first-order chi connectivity index (χ1) is 0. The molecule has 0 aliphatic rings. The molecular weight excluding hydrogens is 153 g/mol. The Balaban J connectivity index is 0. The summed E-state index contributed by atoms with van der Waals surface area (Å²) in [4.78, 5) is 0. The molecule has 0 rings (SSSR count). The minimum absolute atomic E-state index is 0. The fourth-order valence-corrected chi connectivity index (χ4v) is 0. The minimum atomic E-state index is 0. The molecule has 0 atom stereocenters. The quantitative estimate of drug-likeness (QED) is 0.304. The summed E-state index contributed by atoms with van der Waals surface area (Å²) in [5.74, 6) is 0. The van der Waals surface area contributed by atoms with Gasteiger partial charge in [0.1, 0.15) is 0 Å². The van der Waals surface area contributed by atoms with Crippen LogP contribution in [0.2, 0.25) is 0 Å². The average molecular weight is 155 g/mol.